The van der Waals surface area contributed by atoms with Crippen LogP contribution in [0, 0.1) is 5.92 Å². The lowest BCUT2D eigenvalue weighted by molar-refractivity contribution is -0.160. The second kappa shape index (κ2) is 8.45. The Morgan fingerprint density at radius 2 is 1.82 bits per heavy atom. The first-order valence-electron chi connectivity index (χ1n) is 10.9. The number of alkyl halides is 3. The number of carboxylic acid groups (broad SMARTS) is 1. The van der Waals surface area contributed by atoms with Crippen LogP contribution in [0.15, 0.2) is 77.2 Å². The molecule has 0 aliphatic heterocycles. The Labute approximate surface area is 193 Å². The number of thioether (sulfide) groups is 1. The van der Waals surface area contributed by atoms with E-state index in [-0.39, 0.29) is 18.7 Å². The molecule has 2 aliphatic carbocycles. The van der Waals surface area contributed by atoms with Crippen molar-refractivity contribution in [1.29, 1.82) is 0 Å². The van der Waals surface area contributed by atoms with E-state index in [1.807, 2.05) is 60.3 Å². The van der Waals surface area contributed by atoms with E-state index >= 15 is 0 Å². The molecule has 1 atom stereocenters. The number of halogens is 3. The quantitative estimate of drug-likeness (QED) is 0.411. The molecule has 0 amide bonds. The van der Waals surface area contributed by atoms with Crippen molar-refractivity contribution in [2.45, 2.75) is 42.1 Å². The van der Waals surface area contributed by atoms with Gasteiger partial charge in [0.15, 0.2) is 0 Å². The minimum atomic E-state index is -4.32. The van der Waals surface area contributed by atoms with Crippen molar-refractivity contribution in [3.05, 3.63) is 78.0 Å². The second-order valence-electron chi connectivity index (χ2n) is 8.50. The number of para-hydroxylation sites is 1. The molecular formula is C26H22F3NO2S. The van der Waals surface area contributed by atoms with Gasteiger partial charge in [0.25, 0.3) is 0 Å². The van der Waals surface area contributed by atoms with Crippen LogP contribution < -0.4 is 0 Å². The molecule has 2 aliphatic rings. The minimum absolute atomic E-state index is 0.0564. The number of fused-ring (bicyclic) bond motifs is 1. The van der Waals surface area contributed by atoms with Gasteiger partial charge in [-0.15, -0.1) is 11.8 Å². The highest BCUT2D eigenvalue weighted by molar-refractivity contribution is 8.00. The number of aromatic carboxylic acids is 1. The first-order valence-corrected chi connectivity index (χ1v) is 11.7. The fourth-order valence-electron chi connectivity index (χ4n) is 4.32. The number of benzene rings is 2. The van der Waals surface area contributed by atoms with Gasteiger partial charge in [-0.05, 0) is 48.6 Å². The lowest BCUT2D eigenvalue weighted by Gasteiger charge is -2.20. The van der Waals surface area contributed by atoms with Gasteiger partial charge in [0.1, 0.15) is 5.69 Å². The predicted octanol–water partition coefficient (Wildman–Crippen LogP) is 7.33. The van der Waals surface area contributed by atoms with Crippen LogP contribution in [0.25, 0.3) is 22.0 Å². The van der Waals surface area contributed by atoms with Gasteiger partial charge in [-0.25, -0.2) is 4.79 Å². The normalized spacial score (nSPS) is 18.5. The van der Waals surface area contributed by atoms with Gasteiger partial charge in [-0.2, -0.15) is 13.2 Å². The average molecular weight is 470 g/mol. The van der Waals surface area contributed by atoms with Gasteiger partial charge in [-0.1, -0.05) is 48.6 Å². The molecule has 1 unspecified atom stereocenters. The SMILES string of the molecule is O=C(O)c1c(-c2ccc(SC3CC3)cc2)c2ccccc2n1CC1=CC(C(F)(F)F)CC=C1. The van der Waals surface area contributed by atoms with E-state index in [1.165, 1.54) is 25.0 Å². The Hall–Kier alpha value is -2.93. The van der Waals surface area contributed by atoms with E-state index in [2.05, 4.69) is 0 Å². The summed E-state index contributed by atoms with van der Waals surface area (Å²) >= 11 is 1.83. The summed E-state index contributed by atoms with van der Waals surface area (Å²) in [6.07, 6.45) is 2.41. The molecule has 0 bridgehead atoms. The van der Waals surface area contributed by atoms with Crippen molar-refractivity contribution in [2.75, 3.05) is 0 Å². The van der Waals surface area contributed by atoms with Crippen molar-refractivity contribution in [2.24, 2.45) is 5.92 Å². The van der Waals surface area contributed by atoms with Crippen LogP contribution in [0.3, 0.4) is 0 Å². The zero-order valence-corrected chi connectivity index (χ0v) is 18.5. The molecule has 7 heteroatoms. The highest BCUT2D eigenvalue weighted by atomic mass is 32.2. The van der Waals surface area contributed by atoms with Crippen LogP contribution in [0.1, 0.15) is 29.8 Å². The summed E-state index contributed by atoms with van der Waals surface area (Å²) in [4.78, 5) is 13.6. The number of allylic oxidation sites excluding steroid dienone is 4. The van der Waals surface area contributed by atoms with E-state index in [4.69, 9.17) is 0 Å². The summed E-state index contributed by atoms with van der Waals surface area (Å²) in [6.45, 7) is 0.0564. The largest absolute Gasteiger partial charge is 0.477 e. The van der Waals surface area contributed by atoms with Gasteiger partial charge in [0.2, 0.25) is 0 Å². The molecule has 170 valence electrons. The number of rotatable bonds is 6. The van der Waals surface area contributed by atoms with Crippen molar-refractivity contribution < 1.29 is 23.1 Å². The molecule has 0 spiro atoms. The predicted molar refractivity (Wildman–Crippen MR) is 125 cm³/mol. The topological polar surface area (TPSA) is 42.2 Å². The molecule has 3 nitrogen and oxygen atoms in total. The Kier molecular flexibility index (Phi) is 5.60. The Morgan fingerprint density at radius 1 is 1.09 bits per heavy atom. The maximum atomic E-state index is 13.3. The Morgan fingerprint density at radius 3 is 2.48 bits per heavy atom. The van der Waals surface area contributed by atoms with Crippen molar-refractivity contribution in [3.63, 3.8) is 0 Å². The molecule has 1 fully saturated rings. The van der Waals surface area contributed by atoms with Crippen LogP contribution in [0.5, 0.6) is 0 Å². The number of carboxylic acids is 1. The van der Waals surface area contributed by atoms with Crippen molar-refractivity contribution in [1.82, 2.24) is 4.57 Å². The van der Waals surface area contributed by atoms with Gasteiger partial charge < -0.3 is 9.67 Å². The molecule has 0 radical (unpaired) electrons. The fourth-order valence-corrected chi connectivity index (χ4v) is 5.37. The molecule has 33 heavy (non-hydrogen) atoms. The summed E-state index contributed by atoms with van der Waals surface area (Å²) < 4.78 is 41.4. The van der Waals surface area contributed by atoms with E-state index < -0.39 is 18.1 Å². The number of hydrogen-bond acceptors (Lipinski definition) is 2. The number of nitrogens with zero attached hydrogens (tertiary/aromatic N) is 1. The Balaban J connectivity index is 1.60. The van der Waals surface area contributed by atoms with E-state index in [1.54, 1.807) is 10.6 Å². The van der Waals surface area contributed by atoms with E-state index in [9.17, 15) is 23.1 Å². The molecule has 5 rings (SSSR count). The molecule has 1 saturated carbocycles. The van der Waals surface area contributed by atoms with Crippen molar-refractivity contribution >= 4 is 28.6 Å². The average Bonchev–Trinajstić information content (AvgIpc) is 3.54. The first-order chi connectivity index (χ1) is 15.8. The summed E-state index contributed by atoms with van der Waals surface area (Å²) in [7, 11) is 0. The molecule has 1 aromatic heterocycles. The van der Waals surface area contributed by atoms with Gasteiger partial charge in [0, 0.05) is 33.2 Å². The molecule has 3 aromatic rings. The standard InChI is InChI=1S/C26H22F3NO2S/c27-26(28,29)18-5-3-4-16(14-18)15-30-22-7-2-1-6-21(22)23(24(30)25(31)32)17-8-10-19(11-9-17)33-20-12-13-20/h1-4,6-11,14,18,20H,5,12-13,15H2,(H,31,32). The maximum Gasteiger partial charge on any atom is 0.395 e. The number of hydrogen-bond donors (Lipinski definition) is 1. The third-order valence-corrected chi connectivity index (χ3v) is 7.39. The third-order valence-electron chi connectivity index (χ3n) is 6.04. The van der Waals surface area contributed by atoms with Crippen LogP contribution in [0.4, 0.5) is 13.2 Å². The summed E-state index contributed by atoms with van der Waals surface area (Å²) in [5.74, 6) is -2.66. The van der Waals surface area contributed by atoms with Gasteiger partial charge in [-0.3, -0.25) is 0 Å². The first kappa shape index (κ1) is 21.9. The molecule has 0 saturated heterocycles. The highest BCUT2D eigenvalue weighted by Gasteiger charge is 2.38. The minimum Gasteiger partial charge on any atom is -0.477 e. The number of aromatic nitrogens is 1. The fraction of sp³-hybridized carbons (Fsp3) is 0.269. The van der Waals surface area contributed by atoms with Gasteiger partial charge >= 0.3 is 12.1 Å². The molecule has 1 heterocycles. The third kappa shape index (κ3) is 4.47. The monoisotopic (exact) mass is 469 g/mol. The number of carbonyl (C=O) groups is 1. The van der Waals surface area contributed by atoms with E-state index in [0.29, 0.717) is 21.9 Å². The smallest absolute Gasteiger partial charge is 0.395 e. The Bertz CT molecular complexity index is 1270. The van der Waals surface area contributed by atoms with Crippen LogP contribution in [-0.2, 0) is 6.54 Å². The lowest BCUT2D eigenvalue weighted by atomic mass is 9.95. The summed E-state index contributed by atoms with van der Waals surface area (Å²) in [5.41, 5.74) is 2.60. The molecule has 1 N–H and O–H groups in total. The zero-order chi connectivity index (χ0) is 23.2. The van der Waals surface area contributed by atoms with Gasteiger partial charge in [0.05, 0.1) is 5.92 Å². The molecule has 2 aromatic carbocycles. The summed E-state index contributed by atoms with van der Waals surface area (Å²) in [6, 6.07) is 15.2. The zero-order valence-electron chi connectivity index (χ0n) is 17.7. The highest BCUT2D eigenvalue weighted by Crippen LogP contribution is 2.41. The molecular weight excluding hydrogens is 447 g/mol. The van der Waals surface area contributed by atoms with Crippen LogP contribution >= 0.6 is 11.8 Å². The maximum absolute atomic E-state index is 13.3. The van der Waals surface area contributed by atoms with E-state index in [0.717, 1.165) is 15.8 Å². The lowest BCUT2D eigenvalue weighted by Crippen LogP contribution is -2.22. The summed E-state index contributed by atoms with van der Waals surface area (Å²) in [5, 5.41) is 11.6. The second-order valence-corrected chi connectivity index (χ2v) is 9.88. The van der Waals surface area contributed by atoms with Crippen molar-refractivity contribution in [3.8, 4) is 11.1 Å². The van der Waals surface area contributed by atoms with Crippen LogP contribution in [-0.4, -0.2) is 27.1 Å². The van der Waals surface area contributed by atoms with Crippen LogP contribution in [0.2, 0.25) is 0 Å².